The van der Waals surface area contributed by atoms with E-state index >= 15 is 0 Å². The molecule has 1 atom stereocenters. The van der Waals surface area contributed by atoms with Crippen molar-refractivity contribution in [3.8, 4) is 0 Å². The van der Waals surface area contributed by atoms with E-state index in [0.29, 0.717) is 0 Å². The standard InChI is InChI=1S/C17H18N4O2/c22-21(23)14-10-8-13(9-11-14)19-20-17-7-2-1-5-15(17)16-6-3-4-12-18-16/h3-4,6,8-12,15,19H,1-2,5,7H2/b20-17-/t15-/m0/s1. The Morgan fingerprint density at radius 2 is 2.00 bits per heavy atom. The van der Waals surface area contributed by atoms with Crippen LogP contribution < -0.4 is 5.43 Å². The number of nitrogens with zero attached hydrogens (tertiary/aromatic N) is 3. The maximum absolute atomic E-state index is 10.7. The smallest absolute Gasteiger partial charge is 0.269 e. The minimum atomic E-state index is -0.409. The third-order valence-electron chi connectivity index (χ3n) is 4.03. The Balaban J connectivity index is 1.75. The predicted molar refractivity (Wildman–Crippen MR) is 89.6 cm³/mol. The first-order valence-electron chi connectivity index (χ1n) is 7.72. The van der Waals surface area contributed by atoms with Gasteiger partial charge in [-0.2, -0.15) is 5.10 Å². The number of benzene rings is 1. The third-order valence-corrected chi connectivity index (χ3v) is 4.03. The van der Waals surface area contributed by atoms with E-state index in [4.69, 9.17) is 0 Å². The molecule has 0 radical (unpaired) electrons. The normalized spacial score (nSPS) is 19.5. The second-order valence-corrected chi connectivity index (χ2v) is 5.57. The van der Waals surface area contributed by atoms with Gasteiger partial charge in [-0.25, -0.2) is 0 Å². The fourth-order valence-corrected chi connectivity index (χ4v) is 2.82. The fourth-order valence-electron chi connectivity index (χ4n) is 2.82. The zero-order valence-corrected chi connectivity index (χ0v) is 12.7. The highest BCUT2D eigenvalue weighted by molar-refractivity contribution is 5.91. The van der Waals surface area contributed by atoms with E-state index in [0.717, 1.165) is 36.4 Å². The van der Waals surface area contributed by atoms with Gasteiger partial charge in [-0.3, -0.25) is 20.5 Å². The van der Waals surface area contributed by atoms with Crippen molar-refractivity contribution in [2.75, 3.05) is 5.43 Å². The van der Waals surface area contributed by atoms with Crippen LogP contribution >= 0.6 is 0 Å². The van der Waals surface area contributed by atoms with Crippen molar-refractivity contribution in [3.05, 3.63) is 64.5 Å². The van der Waals surface area contributed by atoms with Crippen molar-refractivity contribution >= 4 is 17.1 Å². The molecule has 1 aromatic heterocycles. The van der Waals surface area contributed by atoms with Crippen LogP contribution in [-0.4, -0.2) is 15.6 Å². The van der Waals surface area contributed by atoms with Crippen molar-refractivity contribution in [3.63, 3.8) is 0 Å². The molecular formula is C17H18N4O2. The number of non-ortho nitro benzene ring substituents is 1. The van der Waals surface area contributed by atoms with Gasteiger partial charge < -0.3 is 0 Å². The average molecular weight is 310 g/mol. The number of pyridine rings is 1. The number of nitro groups is 1. The van der Waals surface area contributed by atoms with Gasteiger partial charge in [0.25, 0.3) is 5.69 Å². The third kappa shape index (κ3) is 3.71. The molecule has 0 bridgehead atoms. The monoisotopic (exact) mass is 310 g/mol. The van der Waals surface area contributed by atoms with Gasteiger partial charge in [0.15, 0.2) is 0 Å². The van der Waals surface area contributed by atoms with E-state index in [-0.39, 0.29) is 11.6 Å². The van der Waals surface area contributed by atoms with Crippen molar-refractivity contribution in [2.24, 2.45) is 5.10 Å². The van der Waals surface area contributed by atoms with Gasteiger partial charge in [-0.15, -0.1) is 0 Å². The zero-order valence-electron chi connectivity index (χ0n) is 12.7. The SMILES string of the molecule is O=[N+]([O-])c1ccc(N/N=C2/CCCC[C@H]2c2ccccn2)cc1. The Morgan fingerprint density at radius 1 is 1.17 bits per heavy atom. The fraction of sp³-hybridized carbons (Fsp3) is 0.294. The molecule has 6 nitrogen and oxygen atoms in total. The molecule has 0 amide bonds. The first kappa shape index (κ1) is 15.1. The Morgan fingerprint density at radius 3 is 2.70 bits per heavy atom. The molecule has 118 valence electrons. The molecule has 1 aliphatic rings. The summed E-state index contributed by atoms with van der Waals surface area (Å²) in [4.78, 5) is 14.7. The number of anilines is 1. The molecule has 0 unspecified atom stereocenters. The number of aromatic nitrogens is 1. The van der Waals surface area contributed by atoms with Crippen LogP contribution in [0.3, 0.4) is 0 Å². The second kappa shape index (κ2) is 7.00. The van der Waals surface area contributed by atoms with Gasteiger partial charge in [-0.1, -0.05) is 12.5 Å². The molecule has 3 rings (SSSR count). The summed E-state index contributed by atoms with van der Waals surface area (Å²) in [6.45, 7) is 0. The first-order valence-corrected chi connectivity index (χ1v) is 7.72. The number of nitro benzene ring substituents is 1. The molecule has 6 heteroatoms. The number of hydrogen-bond acceptors (Lipinski definition) is 5. The second-order valence-electron chi connectivity index (χ2n) is 5.57. The lowest BCUT2D eigenvalue weighted by atomic mass is 9.85. The number of hydrogen-bond donors (Lipinski definition) is 1. The maximum Gasteiger partial charge on any atom is 0.269 e. The summed E-state index contributed by atoms with van der Waals surface area (Å²) in [6, 6.07) is 12.2. The van der Waals surface area contributed by atoms with E-state index in [1.807, 2.05) is 24.4 Å². The van der Waals surface area contributed by atoms with Gasteiger partial charge >= 0.3 is 0 Å². The summed E-state index contributed by atoms with van der Waals surface area (Å²) in [6.07, 6.45) is 6.12. The summed E-state index contributed by atoms with van der Waals surface area (Å²) in [5.41, 5.74) is 5.98. The van der Waals surface area contributed by atoms with Gasteiger partial charge in [0.2, 0.25) is 0 Å². The minimum absolute atomic E-state index is 0.0761. The van der Waals surface area contributed by atoms with E-state index in [2.05, 4.69) is 15.5 Å². The summed E-state index contributed by atoms with van der Waals surface area (Å²) in [5, 5.41) is 15.2. The summed E-state index contributed by atoms with van der Waals surface area (Å²) >= 11 is 0. The molecule has 1 heterocycles. The molecule has 23 heavy (non-hydrogen) atoms. The van der Waals surface area contributed by atoms with E-state index in [1.165, 1.54) is 18.6 Å². The highest BCUT2D eigenvalue weighted by atomic mass is 16.6. The molecule has 1 N–H and O–H groups in total. The summed E-state index contributed by atoms with van der Waals surface area (Å²) in [5.74, 6) is 0.246. The molecule has 1 fully saturated rings. The molecule has 1 aromatic carbocycles. The zero-order chi connectivity index (χ0) is 16.1. The van der Waals surface area contributed by atoms with Crippen LogP contribution in [0, 0.1) is 10.1 Å². The highest BCUT2D eigenvalue weighted by Gasteiger charge is 2.23. The van der Waals surface area contributed by atoms with Crippen LogP contribution in [0.4, 0.5) is 11.4 Å². The molecule has 0 aliphatic heterocycles. The summed E-state index contributed by atoms with van der Waals surface area (Å²) in [7, 11) is 0. The number of hydrazone groups is 1. The molecule has 2 aromatic rings. The van der Waals surface area contributed by atoms with Crippen LogP contribution in [0.15, 0.2) is 53.8 Å². The Kier molecular flexibility index (Phi) is 4.61. The lowest BCUT2D eigenvalue weighted by molar-refractivity contribution is -0.384. The molecule has 1 aliphatic carbocycles. The van der Waals surface area contributed by atoms with E-state index in [1.54, 1.807) is 12.1 Å². The molecule has 1 saturated carbocycles. The summed E-state index contributed by atoms with van der Waals surface area (Å²) < 4.78 is 0. The Hall–Kier alpha value is -2.76. The Bertz CT molecular complexity index is 698. The van der Waals surface area contributed by atoms with Crippen LogP contribution in [0.1, 0.15) is 37.3 Å². The van der Waals surface area contributed by atoms with E-state index < -0.39 is 4.92 Å². The average Bonchev–Trinajstić information content (AvgIpc) is 2.61. The van der Waals surface area contributed by atoms with Crippen molar-refractivity contribution in [1.82, 2.24) is 4.98 Å². The van der Waals surface area contributed by atoms with Crippen molar-refractivity contribution < 1.29 is 4.92 Å². The topological polar surface area (TPSA) is 80.4 Å². The van der Waals surface area contributed by atoms with Gasteiger partial charge in [0.1, 0.15) is 0 Å². The molecule has 0 saturated heterocycles. The van der Waals surface area contributed by atoms with Crippen molar-refractivity contribution in [1.29, 1.82) is 0 Å². The largest absolute Gasteiger partial charge is 0.279 e. The highest BCUT2D eigenvalue weighted by Crippen LogP contribution is 2.29. The van der Waals surface area contributed by atoms with Crippen molar-refractivity contribution in [2.45, 2.75) is 31.6 Å². The van der Waals surface area contributed by atoms with Crippen LogP contribution in [0.2, 0.25) is 0 Å². The van der Waals surface area contributed by atoms with Crippen LogP contribution in [0.25, 0.3) is 0 Å². The lowest BCUT2D eigenvalue weighted by Crippen LogP contribution is -2.19. The van der Waals surface area contributed by atoms with E-state index in [9.17, 15) is 10.1 Å². The Labute approximate surface area is 134 Å². The predicted octanol–water partition coefficient (Wildman–Crippen LogP) is 4.12. The molecular weight excluding hydrogens is 292 g/mol. The molecule has 0 spiro atoms. The number of nitrogens with one attached hydrogen (secondary N) is 1. The van der Waals surface area contributed by atoms with Crippen LogP contribution in [0.5, 0.6) is 0 Å². The quantitative estimate of drug-likeness (QED) is 0.680. The minimum Gasteiger partial charge on any atom is -0.279 e. The van der Waals surface area contributed by atoms with Gasteiger partial charge in [0, 0.05) is 35.7 Å². The van der Waals surface area contributed by atoms with Crippen LogP contribution in [-0.2, 0) is 0 Å². The number of rotatable bonds is 4. The first-order chi connectivity index (χ1) is 11.2. The lowest BCUT2D eigenvalue weighted by Gasteiger charge is -2.23. The van der Waals surface area contributed by atoms with Gasteiger partial charge in [-0.05, 0) is 43.5 Å². The van der Waals surface area contributed by atoms with Gasteiger partial charge in [0.05, 0.1) is 10.6 Å². The maximum atomic E-state index is 10.7.